The van der Waals surface area contributed by atoms with Crippen LogP contribution in [0.2, 0.25) is 10.0 Å². The van der Waals surface area contributed by atoms with Gasteiger partial charge in [-0.3, -0.25) is 4.90 Å². The van der Waals surface area contributed by atoms with Gasteiger partial charge in [-0.15, -0.1) is 0 Å². The van der Waals surface area contributed by atoms with Crippen LogP contribution in [0.4, 0.5) is 5.69 Å². The summed E-state index contributed by atoms with van der Waals surface area (Å²) in [5, 5.41) is 19.4. The lowest BCUT2D eigenvalue weighted by Gasteiger charge is -2.44. The molecule has 35 heavy (non-hydrogen) atoms. The van der Waals surface area contributed by atoms with Crippen LogP contribution in [0.25, 0.3) is 0 Å². The first-order valence-electron chi connectivity index (χ1n) is 11.8. The topological polar surface area (TPSA) is 59.7 Å². The summed E-state index contributed by atoms with van der Waals surface area (Å²) in [5.41, 5.74) is 4.06. The highest BCUT2D eigenvalue weighted by atomic mass is 35.5. The minimum atomic E-state index is -0.0408. The van der Waals surface area contributed by atoms with Crippen LogP contribution in [-0.4, -0.2) is 49.4 Å². The van der Waals surface area contributed by atoms with Gasteiger partial charge >= 0.3 is 0 Å². The molecule has 0 amide bonds. The number of benzene rings is 3. The van der Waals surface area contributed by atoms with Gasteiger partial charge in [0, 0.05) is 37.3 Å². The first-order valence-corrected chi connectivity index (χ1v) is 12.5. The molecule has 0 aromatic heterocycles. The number of piperazine rings is 1. The molecule has 1 aliphatic heterocycles. The summed E-state index contributed by atoms with van der Waals surface area (Å²) < 4.78 is 5.53. The molecular formula is C28H29Cl2N3O2. The Morgan fingerprint density at radius 1 is 1.06 bits per heavy atom. The first kappa shape index (κ1) is 25.3. The Morgan fingerprint density at radius 2 is 1.80 bits per heavy atom. The van der Waals surface area contributed by atoms with Gasteiger partial charge in [-0.25, -0.2) is 0 Å². The third kappa shape index (κ3) is 6.28. The fraction of sp³-hybridized carbons (Fsp3) is 0.321. The summed E-state index contributed by atoms with van der Waals surface area (Å²) in [7, 11) is 0. The molecule has 3 aromatic rings. The van der Waals surface area contributed by atoms with Gasteiger partial charge in [-0.2, -0.15) is 5.26 Å². The average Bonchev–Trinajstić information content (AvgIpc) is 2.88. The first-order chi connectivity index (χ1) is 17.0. The third-order valence-electron chi connectivity index (χ3n) is 6.45. The Kier molecular flexibility index (Phi) is 8.54. The number of ether oxygens (including phenoxy) is 1. The molecule has 0 spiro atoms. The number of aliphatic hydroxyl groups excluding tert-OH is 1. The smallest absolute Gasteiger partial charge is 0.121 e. The van der Waals surface area contributed by atoms with Crippen molar-refractivity contribution in [2.45, 2.75) is 18.9 Å². The van der Waals surface area contributed by atoms with Crippen molar-refractivity contribution in [3.8, 4) is 11.8 Å². The molecular weight excluding hydrogens is 481 g/mol. The summed E-state index contributed by atoms with van der Waals surface area (Å²) in [6, 6.07) is 23.9. The number of anilines is 1. The summed E-state index contributed by atoms with van der Waals surface area (Å²) >= 11 is 12.9. The highest BCUT2D eigenvalue weighted by Crippen LogP contribution is 2.37. The van der Waals surface area contributed by atoms with E-state index < -0.39 is 0 Å². The van der Waals surface area contributed by atoms with Crippen molar-refractivity contribution in [2.24, 2.45) is 0 Å². The molecule has 3 aromatic carbocycles. The minimum absolute atomic E-state index is 0.0408. The van der Waals surface area contributed by atoms with Gasteiger partial charge in [0.05, 0.1) is 35.0 Å². The molecule has 0 bridgehead atoms. The maximum absolute atomic E-state index is 9.08. The average molecular weight is 510 g/mol. The molecule has 5 nitrogen and oxygen atoms in total. The lowest BCUT2D eigenvalue weighted by molar-refractivity contribution is 0.201. The van der Waals surface area contributed by atoms with Gasteiger partial charge in [-0.05, 0) is 53.4 Å². The number of halogens is 2. The number of nitriles is 1. The zero-order valence-electron chi connectivity index (χ0n) is 19.7. The molecule has 1 fully saturated rings. The number of rotatable bonds is 8. The predicted octanol–water partition coefficient (Wildman–Crippen LogP) is 5.90. The second kappa shape index (κ2) is 11.8. The molecule has 7 heteroatoms. The summed E-state index contributed by atoms with van der Waals surface area (Å²) in [5.74, 6) is 0.984. The molecule has 182 valence electrons. The zero-order chi connectivity index (χ0) is 24.8. The van der Waals surface area contributed by atoms with Crippen molar-refractivity contribution < 1.29 is 9.84 Å². The fourth-order valence-electron chi connectivity index (χ4n) is 4.62. The molecule has 1 N–H and O–H groups in total. The van der Waals surface area contributed by atoms with E-state index in [0.29, 0.717) is 27.3 Å². The molecule has 0 saturated carbocycles. The Morgan fingerprint density at radius 3 is 2.46 bits per heavy atom. The van der Waals surface area contributed by atoms with Crippen LogP contribution in [0.3, 0.4) is 0 Å². The summed E-state index contributed by atoms with van der Waals surface area (Å²) in [6.07, 6.45) is 0. The molecule has 0 aliphatic carbocycles. The highest BCUT2D eigenvalue weighted by molar-refractivity contribution is 6.33. The van der Waals surface area contributed by atoms with Crippen LogP contribution in [0.1, 0.15) is 35.6 Å². The van der Waals surface area contributed by atoms with E-state index in [1.807, 2.05) is 42.5 Å². The molecule has 1 unspecified atom stereocenters. The van der Waals surface area contributed by atoms with Crippen LogP contribution in [-0.2, 0) is 0 Å². The summed E-state index contributed by atoms with van der Waals surface area (Å²) in [6.45, 7) is 5.92. The van der Waals surface area contributed by atoms with E-state index in [-0.39, 0.29) is 19.3 Å². The van der Waals surface area contributed by atoms with E-state index in [4.69, 9.17) is 38.3 Å². The lowest BCUT2D eigenvalue weighted by atomic mass is 9.97. The summed E-state index contributed by atoms with van der Waals surface area (Å²) in [4.78, 5) is 4.84. The molecule has 1 heterocycles. The number of nitrogens with zero attached hydrogens (tertiary/aromatic N) is 3. The molecule has 1 aliphatic rings. The van der Waals surface area contributed by atoms with E-state index in [1.54, 1.807) is 0 Å². The number of aliphatic hydroxyl groups is 1. The van der Waals surface area contributed by atoms with Crippen molar-refractivity contribution in [1.82, 2.24) is 4.90 Å². The fourth-order valence-corrected chi connectivity index (χ4v) is 5.02. The number of hydrogen-bond acceptors (Lipinski definition) is 5. The van der Waals surface area contributed by atoms with Crippen LogP contribution in [0.15, 0.2) is 66.7 Å². The standard InChI is InChI=1S/C28H29Cl2N3O2/c1-20(22-4-2-21(17-31)3-5-22)18-32-12-13-33(28(19-32)23-6-8-24(29)9-7-23)27-11-10-25(16-26(27)30)35-15-14-34/h2-11,16,20,28,34H,12-15,18-19H2,1H3/t20?,28-/m0/s1. The van der Waals surface area contributed by atoms with E-state index in [0.717, 1.165) is 31.9 Å². The maximum Gasteiger partial charge on any atom is 0.121 e. The second-order valence-corrected chi connectivity index (χ2v) is 9.68. The quantitative estimate of drug-likeness (QED) is 0.409. The molecule has 0 radical (unpaired) electrons. The van der Waals surface area contributed by atoms with Gasteiger partial charge in [0.2, 0.25) is 0 Å². The third-order valence-corrected chi connectivity index (χ3v) is 7.00. The maximum atomic E-state index is 9.08. The largest absolute Gasteiger partial charge is 0.491 e. The van der Waals surface area contributed by atoms with Gasteiger partial charge < -0.3 is 14.7 Å². The SMILES string of the molecule is CC(CN1CCN(c2ccc(OCCO)cc2Cl)[C@H](c2ccc(Cl)cc2)C1)c1ccc(C#N)cc1. The van der Waals surface area contributed by atoms with E-state index in [2.05, 4.69) is 47.1 Å². The Hall–Kier alpha value is -2.75. The van der Waals surface area contributed by atoms with Crippen LogP contribution in [0, 0.1) is 11.3 Å². The van der Waals surface area contributed by atoms with Crippen LogP contribution >= 0.6 is 23.2 Å². The van der Waals surface area contributed by atoms with E-state index in [9.17, 15) is 0 Å². The monoisotopic (exact) mass is 509 g/mol. The molecule has 1 saturated heterocycles. The van der Waals surface area contributed by atoms with Gasteiger partial charge in [0.25, 0.3) is 0 Å². The molecule has 2 atom stereocenters. The Balaban J connectivity index is 1.55. The second-order valence-electron chi connectivity index (χ2n) is 8.84. The van der Waals surface area contributed by atoms with Crippen molar-refractivity contribution in [3.63, 3.8) is 0 Å². The van der Waals surface area contributed by atoms with Gasteiger partial charge in [-0.1, -0.05) is 54.4 Å². The molecule has 4 rings (SSSR count). The van der Waals surface area contributed by atoms with Crippen LogP contribution in [0.5, 0.6) is 5.75 Å². The predicted molar refractivity (Wildman–Crippen MR) is 142 cm³/mol. The Labute approximate surface area is 217 Å². The van der Waals surface area contributed by atoms with Crippen molar-refractivity contribution in [3.05, 3.63) is 93.5 Å². The van der Waals surface area contributed by atoms with Crippen molar-refractivity contribution in [2.75, 3.05) is 44.3 Å². The van der Waals surface area contributed by atoms with E-state index in [1.165, 1.54) is 11.1 Å². The van der Waals surface area contributed by atoms with Crippen molar-refractivity contribution >= 4 is 28.9 Å². The number of hydrogen-bond donors (Lipinski definition) is 1. The van der Waals surface area contributed by atoms with Gasteiger partial charge in [0.1, 0.15) is 12.4 Å². The van der Waals surface area contributed by atoms with Crippen LogP contribution < -0.4 is 9.64 Å². The van der Waals surface area contributed by atoms with E-state index >= 15 is 0 Å². The zero-order valence-corrected chi connectivity index (χ0v) is 21.2. The highest BCUT2D eigenvalue weighted by Gasteiger charge is 2.30. The minimum Gasteiger partial charge on any atom is -0.491 e. The Bertz CT molecular complexity index is 1160. The van der Waals surface area contributed by atoms with Gasteiger partial charge in [0.15, 0.2) is 0 Å². The van der Waals surface area contributed by atoms with Crippen molar-refractivity contribution in [1.29, 1.82) is 5.26 Å². The lowest BCUT2D eigenvalue weighted by Crippen LogP contribution is -2.49. The normalized spacial score (nSPS) is 17.1.